The Labute approximate surface area is 226 Å². The zero-order chi connectivity index (χ0) is 25.7. The van der Waals surface area contributed by atoms with Gasteiger partial charge in [0, 0.05) is 49.0 Å². The van der Waals surface area contributed by atoms with E-state index in [9.17, 15) is 4.79 Å². The number of imidazole rings is 1. The van der Waals surface area contributed by atoms with Gasteiger partial charge in [-0.05, 0) is 35.2 Å². The van der Waals surface area contributed by atoms with Crippen LogP contribution in [0.4, 0.5) is 0 Å². The Hall–Kier alpha value is -3.52. The van der Waals surface area contributed by atoms with Crippen LogP contribution in [0.2, 0.25) is 0 Å². The molecule has 7 heteroatoms. The minimum Gasteiger partial charge on any atom is -0.376 e. The van der Waals surface area contributed by atoms with Crippen molar-refractivity contribution in [2.45, 2.75) is 32.0 Å². The van der Waals surface area contributed by atoms with Gasteiger partial charge in [0.2, 0.25) is 5.91 Å². The highest BCUT2D eigenvalue weighted by atomic mass is 32.1. The molecule has 0 aliphatic carbocycles. The summed E-state index contributed by atoms with van der Waals surface area (Å²) >= 11 is 1.64. The van der Waals surface area contributed by atoms with E-state index in [0.717, 1.165) is 53.3 Å². The monoisotopic (exact) mass is 525 g/mol. The normalized spacial score (nSPS) is 15.4. The molecule has 3 heterocycles. The Balaban J connectivity index is 1.14. The van der Waals surface area contributed by atoms with Crippen molar-refractivity contribution in [3.8, 4) is 11.3 Å². The van der Waals surface area contributed by atoms with Gasteiger partial charge in [0.25, 0.3) is 0 Å². The molecule has 1 saturated heterocycles. The number of aromatic nitrogens is 2. The minimum absolute atomic E-state index is 0.00499. The molecule has 38 heavy (non-hydrogen) atoms. The predicted octanol–water partition coefficient (Wildman–Crippen LogP) is 5.98. The quantitative estimate of drug-likeness (QED) is 0.225. The molecular weight excluding hydrogens is 494 g/mol. The van der Waals surface area contributed by atoms with E-state index in [2.05, 4.69) is 58.4 Å². The molecule has 0 bridgehead atoms. The van der Waals surface area contributed by atoms with Crippen LogP contribution in [0.3, 0.4) is 0 Å². The van der Waals surface area contributed by atoms with Gasteiger partial charge in [-0.2, -0.15) is 0 Å². The Bertz CT molecular complexity index is 1520. The van der Waals surface area contributed by atoms with Crippen LogP contribution >= 0.6 is 11.3 Å². The third-order valence-corrected chi connectivity index (χ3v) is 7.99. The van der Waals surface area contributed by atoms with Crippen molar-refractivity contribution in [3.63, 3.8) is 0 Å². The van der Waals surface area contributed by atoms with Gasteiger partial charge in [-0.3, -0.25) is 9.20 Å². The number of fused-ring (bicyclic) bond motifs is 2. The molecule has 1 fully saturated rings. The van der Waals surface area contributed by atoms with E-state index in [1.165, 1.54) is 10.8 Å². The molecule has 3 aromatic carbocycles. The van der Waals surface area contributed by atoms with Crippen LogP contribution < -0.4 is 0 Å². The number of ether oxygens (including phenoxy) is 2. The second-order valence-corrected chi connectivity index (χ2v) is 10.6. The summed E-state index contributed by atoms with van der Waals surface area (Å²) in [5.41, 5.74) is 4.29. The number of amides is 1. The van der Waals surface area contributed by atoms with E-state index in [1.807, 2.05) is 35.2 Å². The minimum atomic E-state index is 0.00499. The van der Waals surface area contributed by atoms with Gasteiger partial charge in [0.1, 0.15) is 6.61 Å². The number of nitrogens with zero attached hydrogens (tertiary/aromatic N) is 3. The fraction of sp³-hybridized carbons (Fsp3) is 0.290. The van der Waals surface area contributed by atoms with Crippen LogP contribution in [0.25, 0.3) is 27.0 Å². The molecule has 0 radical (unpaired) electrons. The van der Waals surface area contributed by atoms with E-state index in [1.54, 1.807) is 11.3 Å². The van der Waals surface area contributed by atoms with Gasteiger partial charge in [0.05, 0.1) is 18.4 Å². The largest absolute Gasteiger partial charge is 0.376 e. The fourth-order valence-electron chi connectivity index (χ4n) is 5.02. The summed E-state index contributed by atoms with van der Waals surface area (Å²) in [6.07, 6.45) is 5.00. The molecule has 1 amide bonds. The number of benzene rings is 3. The van der Waals surface area contributed by atoms with Crippen LogP contribution in [0.15, 0.2) is 84.4 Å². The van der Waals surface area contributed by atoms with Crippen molar-refractivity contribution >= 4 is 33.0 Å². The third kappa shape index (κ3) is 5.65. The Morgan fingerprint density at radius 1 is 1.08 bits per heavy atom. The van der Waals surface area contributed by atoms with Gasteiger partial charge >= 0.3 is 0 Å². The lowest BCUT2D eigenvalue weighted by Gasteiger charge is -2.25. The van der Waals surface area contributed by atoms with Crippen LogP contribution in [-0.4, -0.2) is 52.6 Å². The SMILES string of the molecule is O=C(COCc1ccccc1)N(CCc1csc2nc(-c3ccc4ccccc4c3)cn12)CC1CCCO1. The first-order valence-corrected chi connectivity index (χ1v) is 14.1. The smallest absolute Gasteiger partial charge is 0.248 e. The summed E-state index contributed by atoms with van der Waals surface area (Å²) in [5.74, 6) is 0.00499. The predicted molar refractivity (Wildman–Crippen MR) is 151 cm³/mol. The summed E-state index contributed by atoms with van der Waals surface area (Å²) in [6, 6.07) is 24.8. The lowest BCUT2D eigenvalue weighted by atomic mass is 10.1. The number of carbonyl (C=O) groups excluding carboxylic acids is 1. The molecule has 1 atom stereocenters. The average Bonchev–Trinajstić information content (AvgIpc) is 3.70. The molecule has 2 aromatic heterocycles. The highest BCUT2D eigenvalue weighted by molar-refractivity contribution is 7.15. The molecular formula is C31H31N3O3S. The molecule has 0 N–H and O–H groups in total. The van der Waals surface area contributed by atoms with Crippen molar-refractivity contribution in [1.82, 2.24) is 14.3 Å². The summed E-state index contributed by atoms with van der Waals surface area (Å²) in [5, 5.41) is 4.58. The lowest BCUT2D eigenvalue weighted by Crippen LogP contribution is -2.40. The molecule has 1 aliphatic rings. The summed E-state index contributed by atoms with van der Waals surface area (Å²) in [7, 11) is 0. The number of rotatable bonds is 10. The second-order valence-electron chi connectivity index (χ2n) is 9.77. The molecule has 0 saturated carbocycles. The maximum Gasteiger partial charge on any atom is 0.248 e. The van der Waals surface area contributed by atoms with E-state index in [4.69, 9.17) is 14.5 Å². The van der Waals surface area contributed by atoms with Gasteiger partial charge in [-0.25, -0.2) is 4.98 Å². The topological polar surface area (TPSA) is 56.1 Å². The molecule has 1 unspecified atom stereocenters. The Morgan fingerprint density at radius 2 is 1.92 bits per heavy atom. The number of carbonyl (C=O) groups is 1. The van der Waals surface area contributed by atoms with E-state index in [-0.39, 0.29) is 18.6 Å². The average molecular weight is 526 g/mol. The first kappa shape index (κ1) is 24.8. The van der Waals surface area contributed by atoms with Crippen molar-refractivity contribution in [2.24, 2.45) is 0 Å². The first-order chi connectivity index (χ1) is 18.7. The summed E-state index contributed by atoms with van der Waals surface area (Å²) < 4.78 is 13.8. The number of thiazole rings is 1. The molecule has 6 rings (SSSR count). The zero-order valence-electron chi connectivity index (χ0n) is 21.3. The molecule has 194 valence electrons. The number of hydrogen-bond donors (Lipinski definition) is 0. The lowest BCUT2D eigenvalue weighted by molar-refractivity contribution is -0.138. The van der Waals surface area contributed by atoms with Gasteiger partial charge in [0.15, 0.2) is 4.96 Å². The van der Waals surface area contributed by atoms with Crippen LogP contribution in [0.5, 0.6) is 0 Å². The van der Waals surface area contributed by atoms with Crippen molar-refractivity contribution in [2.75, 3.05) is 26.3 Å². The maximum atomic E-state index is 13.2. The molecule has 0 spiro atoms. The first-order valence-electron chi connectivity index (χ1n) is 13.2. The van der Waals surface area contributed by atoms with E-state index >= 15 is 0 Å². The molecule has 5 aromatic rings. The number of hydrogen-bond acceptors (Lipinski definition) is 5. The highest BCUT2D eigenvalue weighted by Gasteiger charge is 2.23. The molecule has 1 aliphatic heterocycles. The van der Waals surface area contributed by atoms with Crippen LogP contribution in [-0.2, 0) is 27.3 Å². The van der Waals surface area contributed by atoms with Gasteiger partial charge in [-0.1, -0.05) is 66.7 Å². The van der Waals surface area contributed by atoms with Crippen LogP contribution in [0, 0.1) is 0 Å². The highest BCUT2D eigenvalue weighted by Crippen LogP contribution is 2.27. The zero-order valence-corrected chi connectivity index (χ0v) is 22.1. The summed E-state index contributed by atoms with van der Waals surface area (Å²) in [4.78, 5) is 20.9. The maximum absolute atomic E-state index is 13.2. The van der Waals surface area contributed by atoms with Crippen LogP contribution in [0.1, 0.15) is 24.1 Å². The van der Waals surface area contributed by atoms with Crippen molar-refractivity contribution < 1.29 is 14.3 Å². The fourth-order valence-corrected chi connectivity index (χ4v) is 5.93. The standard InChI is InChI=1S/C31H31N3O3S/c35-30(21-36-20-23-7-2-1-3-8-23)33(18-28-11-6-16-37-28)15-14-27-22-38-31-32-29(19-34(27)31)26-13-12-24-9-4-5-10-25(24)17-26/h1-5,7-10,12-13,17,19,22,28H,6,11,14-16,18,20-21H2. The van der Waals surface area contributed by atoms with Crippen molar-refractivity contribution in [1.29, 1.82) is 0 Å². The third-order valence-electron chi connectivity index (χ3n) is 7.10. The van der Waals surface area contributed by atoms with Crippen molar-refractivity contribution in [3.05, 3.63) is 95.6 Å². The molecule has 6 nitrogen and oxygen atoms in total. The second kappa shape index (κ2) is 11.5. The summed E-state index contributed by atoms with van der Waals surface area (Å²) in [6.45, 7) is 2.49. The van der Waals surface area contributed by atoms with E-state index in [0.29, 0.717) is 19.7 Å². The Morgan fingerprint density at radius 3 is 2.76 bits per heavy atom. The van der Waals surface area contributed by atoms with E-state index < -0.39 is 0 Å². The van der Waals surface area contributed by atoms with Gasteiger partial charge in [-0.15, -0.1) is 11.3 Å². The van der Waals surface area contributed by atoms with Gasteiger partial charge < -0.3 is 14.4 Å². The Kier molecular flexibility index (Phi) is 7.49.